The minimum Gasteiger partial charge on any atom is -0.360 e. The number of nitrogens with two attached hydrogens (primary N) is 1. The lowest BCUT2D eigenvalue weighted by molar-refractivity contribution is -0.119. The molecule has 0 bridgehead atoms. The highest BCUT2D eigenvalue weighted by Gasteiger charge is 2.14. The molecule has 0 aromatic heterocycles. The number of hydrogen-bond acceptors (Lipinski definition) is 3. The van der Waals surface area contributed by atoms with Gasteiger partial charge in [0.1, 0.15) is 5.82 Å². The highest BCUT2D eigenvalue weighted by molar-refractivity contribution is 5.81. The van der Waals surface area contributed by atoms with Crippen LogP contribution in [-0.2, 0) is 11.3 Å². The van der Waals surface area contributed by atoms with Crippen molar-refractivity contribution >= 4 is 11.6 Å². The number of likely N-dealkylation sites (N-methyl/N-ethyl adjacent to an activating group) is 1. The Morgan fingerprint density at radius 2 is 2.22 bits per heavy atom. The summed E-state index contributed by atoms with van der Waals surface area (Å²) in [6.45, 7) is 3.08. The smallest absolute Gasteiger partial charge is 0.239 e. The van der Waals surface area contributed by atoms with Crippen molar-refractivity contribution in [3.05, 3.63) is 29.6 Å². The zero-order chi connectivity index (χ0) is 13.5. The van der Waals surface area contributed by atoms with Crippen molar-refractivity contribution in [3.8, 4) is 0 Å². The molecule has 0 aliphatic carbocycles. The normalized spacial score (nSPS) is 10.2. The summed E-state index contributed by atoms with van der Waals surface area (Å²) in [5.41, 5.74) is 6.65. The Bertz CT molecular complexity index is 409. The van der Waals surface area contributed by atoms with Gasteiger partial charge in [-0.05, 0) is 24.1 Å². The Balaban J connectivity index is 2.94. The number of rotatable bonds is 6. The fourth-order valence-electron chi connectivity index (χ4n) is 1.74. The van der Waals surface area contributed by atoms with Gasteiger partial charge >= 0.3 is 0 Å². The van der Waals surface area contributed by atoms with Crippen molar-refractivity contribution < 1.29 is 9.18 Å². The molecule has 0 heterocycles. The monoisotopic (exact) mass is 253 g/mol. The first-order chi connectivity index (χ1) is 8.62. The third-order valence-electron chi connectivity index (χ3n) is 2.70. The molecular formula is C13H20FN3O. The standard InChI is InChI=1S/C13H20FN3O/c1-3-6-17(9-13(18)16-2)12-5-4-10(8-15)7-11(12)14/h4-5,7H,3,6,8-9,15H2,1-2H3,(H,16,18). The van der Waals surface area contributed by atoms with Crippen LogP contribution in [0, 0.1) is 5.82 Å². The summed E-state index contributed by atoms with van der Waals surface area (Å²) in [6, 6.07) is 4.88. The van der Waals surface area contributed by atoms with Crippen LogP contribution in [0.5, 0.6) is 0 Å². The van der Waals surface area contributed by atoms with E-state index in [2.05, 4.69) is 5.32 Å². The largest absolute Gasteiger partial charge is 0.360 e. The lowest BCUT2D eigenvalue weighted by Gasteiger charge is -2.24. The molecule has 1 aromatic carbocycles. The number of anilines is 1. The molecule has 0 spiro atoms. The number of amides is 1. The van der Waals surface area contributed by atoms with E-state index in [0.29, 0.717) is 18.8 Å². The molecule has 1 rings (SSSR count). The average Bonchev–Trinajstić information content (AvgIpc) is 2.38. The summed E-state index contributed by atoms with van der Waals surface area (Å²) in [7, 11) is 1.57. The van der Waals surface area contributed by atoms with Gasteiger partial charge in [-0.1, -0.05) is 13.0 Å². The van der Waals surface area contributed by atoms with Gasteiger partial charge in [-0.3, -0.25) is 4.79 Å². The number of hydrogen-bond donors (Lipinski definition) is 2. The zero-order valence-electron chi connectivity index (χ0n) is 10.9. The van der Waals surface area contributed by atoms with Crippen LogP contribution in [0.1, 0.15) is 18.9 Å². The summed E-state index contributed by atoms with van der Waals surface area (Å²) in [5, 5.41) is 2.54. The summed E-state index contributed by atoms with van der Waals surface area (Å²) in [6.07, 6.45) is 0.842. The fraction of sp³-hybridized carbons (Fsp3) is 0.462. The van der Waals surface area contributed by atoms with Crippen molar-refractivity contribution in [2.24, 2.45) is 5.73 Å². The number of nitrogens with one attached hydrogen (secondary N) is 1. The second kappa shape index (κ2) is 6.96. The molecule has 0 saturated carbocycles. The highest BCUT2D eigenvalue weighted by atomic mass is 19.1. The fourth-order valence-corrected chi connectivity index (χ4v) is 1.74. The number of nitrogens with zero attached hydrogens (tertiary/aromatic N) is 1. The molecule has 0 aliphatic heterocycles. The summed E-state index contributed by atoms with van der Waals surface area (Å²) in [4.78, 5) is 13.1. The van der Waals surface area contributed by atoms with Crippen molar-refractivity contribution in [1.29, 1.82) is 0 Å². The van der Waals surface area contributed by atoms with Gasteiger partial charge in [-0.2, -0.15) is 0 Å². The molecule has 4 nitrogen and oxygen atoms in total. The maximum atomic E-state index is 13.9. The number of halogens is 1. The third kappa shape index (κ3) is 3.70. The molecule has 100 valence electrons. The van der Waals surface area contributed by atoms with E-state index in [9.17, 15) is 9.18 Å². The topological polar surface area (TPSA) is 58.4 Å². The SMILES string of the molecule is CCCN(CC(=O)NC)c1ccc(CN)cc1F. The highest BCUT2D eigenvalue weighted by Crippen LogP contribution is 2.20. The van der Waals surface area contributed by atoms with Crippen LogP contribution >= 0.6 is 0 Å². The molecule has 1 aromatic rings. The van der Waals surface area contributed by atoms with Crippen molar-refractivity contribution in [2.45, 2.75) is 19.9 Å². The maximum absolute atomic E-state index is 13.9. The summed E-state index contributed by atoms with van der Waals surface area (Å²) in [5.74, 6) is -0.471. The maximum Gasteiger partial charge on any atom is 0.239 e. The Labute approximate surface area is 107 Å². The zero-order valence-corrected chi connectivity index (χ0v) is 10.9. The lowest BCUT2D eigenvalue weighted by Crippen LogP contribution is -2.36. The van der Waals surface area contributed by atoms with Crippen LogP contribution in [0.15, 0.2) is 18.2 Å². The van der Waals surface area contributed by atoms with Gasteiger partial charge in [0.05, 0.1) is 12.2 Å². The average molecular weight is 253 g/mol. The van der Waals surface area contributed by atoms with Crippen LogP contribution in [0.2, 0.25) is 0 Å². The molecule has 0 aliphatic rings. The first-order valence-corrected chi connectivity index (χ1v) is 6.06. The van der Waals surface area contributed by atoms with Crippen molar-refractivity contribution in [2.75, 3.05) is 25.0 Å². The van der Waals surface area contributed by atoms with Crippen LogP contribution in [0.25, 0.3) is 0 Å². The van der Waals surface area contributed by atoms with Crippen LogP contribution in [0.4, 0.5) is 10.1 Å². The predicted molar refractivity (Wildman–Crippen MR) is 70.9 cm³/mol. The molecule has 5 heteroatoms. The van der Waals surface area contributed by atoms with Gasteiger partial charge < -0.3 is 16.0 Å². The van der Waals surface area contributed by atoms with E-state index < -0.39 is 0 Å². The molecule has 0 fully saturated rings. The van der Waals surface area contributed by atoms with E-state index in [1.807, 2.05) is 6.92 Å². The summed E-state index contributed by atoms with van der Waals surface area (Å²) < 4.78 is 13.9. The predicted octanol–water partition coefficient (Wildman–Crippen LogP) is 1.25. The van der Waals surface area contributed by atoms with Gasteiger partial charge in [0.15, 0.2) is 0 Å². The molecule has 0 saturated heterocycles. The lowest BCUT2D eigenvalue weighted by atomic mass is 10.1. The third-order valence-corrected chi connectivity index (χ3v) is 2.70. The van der Waals surface area contributed by atoms with Gasteiger partial charge in [0.2, 0.25) is 5.91 Å². The quantitative estimate of drug-likeness (QED) is 0.802. The first kappa shape index (κ1) is 14.4. The Morgan fingerprint density at radius 1 is 1.50 bits per heavy atom. The second-order valence-corrected chi connectivity index (χ2v) is 4.08. The Hall–Kier alpha value is -1.62. The second-order valence-electron chi connectivity index (χ2n) is 4.08. The number of carbonyl (C=O) groups excluding carboxylic acids is 1. The van der Waals surface area contributed by atoms with E-state index in [1.165, 1.54) is 6.07 Å². The van der Waals surface area contributed by atoms with E-state index in [1.54, 1.807) is 24.1 Å². The molecule has 0 atom stereocenters. The number of carbonyl (C=O) groups is 1. The minimum absolute atomic E-state index is 0.134. The molecule has 0 unspecified atom stereocenters. The van der Waals surface area contributed by atoms with E-state index in [4.69, 9.17) is 5.73 Å². The Kier molecular flexibility index (Phi) is 5.58. The minimum atomic E-state index is -0.338. The van der Waals surface area contributed by atoms with Crippen LogP contribution < -0.4 is 16.0 Å². The molecule has 0 radical (unpaired) electrons. The summed E-state index contributed by atoms with van der Waals surface area (Å²) >= 11 is 0. The number of benzene rings is 1. The van der Waals surface area contributed by atoms with Crippen molar-refractivity contribution in [1.82, 2.24) is 5.32 Å². The van der Waals surface area contributed by atoms with E-state index >= 15 is 0 Å². The molecular weight excluding hydrogens is 233 g/mol. The molecule has 18 heavy (non-hydrogen) atoms. The van der Waals surface area contributed by atoms with Crippen LogP contribution in [-0.4, -0.2) is 26.0 Å². The first-order valence-electron chi connectivity index (χ1n) is 6.06. The van der Waals surface area contributed by atoms with E-state index in [-0.39, 0.29) is 18.3 Å². The van der Waals surface area contributed by atoms with Gasteiger partial charge in [-0.15, -0.1) is 0 Å². The Morgan fingerprint density at radius 3 is 2.72 bits per heavy atom. The van der Waals surface area contributed by atoms with Crippen LogP contribution in [0.3, 0.4) is 0 Å². The molecule has 1 amide bonds. The van der Waals surface area contributed by atoms with E-state index in [0.717, 1.165) is 12.0 Å². The van der Waals surface area contributed by atoms with Gasteiger partial charge in [0, 0.05) is 20.1 Å². The van der Waals surface area contributed by atoms with Crippen molar-refractivity contribution in [3.63, 3.8) is 0 Å². The molecule has 3 N–H and O–H groups in total. The van der Waals surface area contributed by atoms with Gasteiger partial charge in [0.25, 0.3) is 0 Å². The van der Waals surface area contributed by atoms with Gasteiger partial charge in [-0.25, -0.2) is 4.39 Å².